The monoisotopic (exact) mass is 2020 g/mol. The number of aromatic nitrogens is 1. The van der Waals surface area contributed by atoms with Gasteiger partial charge in [0.25, 0.3) is 118 Å². The molecule has 8 saturated heterocycles. The highest BCUT2D eigenvalue weighted by molar-refractivity contribution is 6.09. The number of hydroxylamine groups is 16. The molecule has 0 aliphatic carbocycles. The molecule has 50 heteroatoms. The highest BCUT2D eigenvalue weighted by Gasteiger charge is 2.38. The number of pyridine rings is 1. The van der Waals surface area contributed by atoms with Crippen molar-refractivity contribution in [2.75, 3.05) is 110 Å². The van der Waals surface area contributed by atoms with Gasteiger partial charge in [-0.15, -0.1) is 20.3 Å². The normalized spacial score (nSPS) is 15.3. The molecule has 8 fully saturated rings. The standard InChI is InChI=1S/C22H25N3O5.C21H24N4O5.C18H24N4O5.C18H23N3O5.4C4H5NO3/c1-3-24(4-2)12-11-23-21(28)17-7-5-16-14-18(8-6-15(16)13-17)22(29)30-25-19(26)9-10-20(25)27;1-3-24(4-2)12-11-22-20(28)17-8-5-14-13-15(6-7-16(14)23-17)21(29)30-25-18(26)9-10-19(25)27;1-3-21(4-2)12-11-19-17(25)13-5-7-14(8-6-13)20-18(26)27-22-15(23)9-10-16(22)24;1-3-20(4-2)12-11-19-17(24)13-5-7-14(8-6-13)18(25)26-21-15(22)9-10-16(21)23;4*6-3-1-2-4(7)5(3)8/h5-8,13-14H,3-4,9-12H2,1-2H3,(H,23,28);5-8,13H,3-4,9-12H2,1-2H3,(H,22,28);5-8H,3-4,9-12H2,1-2H3,(H,19,25)(H,20,26);5-8H,3-4,9-12H2,1-2H3,(H,19,24);4*8H,1-2H2. The molecule has 9 N–H and O–H groups in total. The van der Waals surface area contributed by atoms with Crippen LogP contribution >= 0.6 is 0 Å². The van der Waals surface area contributed by atoms with Gasteiger partial charge in [0.05, 0.1) is 22.2 Å². The van der Waals surface area contributed by atoms with Crippen LogP contribution in [0.2, 0.25) is 0 Å². The summed E-state index contributed by atoms with van der Waals surface area (Å²) in [7, 11) is 0. The van der Waals surface area contributed by atoms with E-state index in [1.165, 1.54) is 54.6 Å². The predicted molar refractivity (Wildman–Crippen MR) is 501 cm³/mol. The molecule has 0 saturated carbocycles. The summed E-state index contributed by atoms with van der Waals surface area (Å²) < 4.78 is 0. The van der Waals surface area contributed by atoms with Gasteiger partial charge in [0.2, 0.25) is 0 Å². The first kappa shape index (κ1) is 116. The van der Waals surface area contributed by atoms with Crippen LogP contribution in [0.15, 0.2) is 115 Å². The highest BCUT2D eigenvalue weighted by atomic mass is 16.7. The first-order chi connectivity index (χ1) is 69.1. The van der Waals surface area contributed by atoms with E-state index in [9.17, 15) is 115 Å². The van der Waals surface area contributed by atoms with E-state index in [4.69, 9.17) is 40.2 Å². The van der Waals surface area contributed by atoms with Crippen LogP contribution in [0.5, 0.6) is 0 Å². The maximum absolute atomic E-state index is 12.4. The second-order valence-corrected chi connectivity index (χ2v) is 32.0. The molecule has 0 unspecified atom stereocenters. The van der Waals surface area contributed by atoms with E-state index in [0.717, 1.165) is 89.3 Å². The van der Waals surface area contributed by atoms with Crippen LogP contribution in [0.1, 0.15) is 231 Å². The van der Waals surface area contributed by atoms with Gasteiger partial charge in [-0.1, -0.05) is 73.6 Å². The highest BCUT2D eigenvalue weighted by Crippen LogP contribution is 2.25. The summed E-state index contributed by atoms with van der Waals surface area (Å²) in [5.74, 6) is -11.6. The van der Waals surface area contributed by atoms with Gasteiger partial charge in [0.1, 0.15) is 5.69 Å². The molecule has 6 aromatic rings. The van der Waals surface area contributed by atoms with Crippen molar-refractivity contribution in [3.63, 3.8) is 0 Å². The van der Waals surface area contributed by atoms with Crippen molar-refractivity contribution in [2.24, 2.45) is 0 Å². The number of carbonyl (C=O) groups is 24. The molecular weight excluding hydrogens is 1910 g/mol. The van der Waals surface area contributed by atoms with Gasteiger partial charge in [-0.25, -0.2) is 24.2 Å². The third-order valence-electron chi connectivity index (χ3n) is 22.5. The Labute approximate surface area is 830 Å². The van der Waals surface area contributed by atoms with Crippen molar-refractivity contribution in [1.82, 2.24) is 86.4 Å². The first-order valence-corrected chi connectivity index (χ1v) is 46.6. The fraction of sp³-hybridized carbons (Fsp3) is 0.421. The van der Waals surface area contributed by atoms with E-state index in [-0.39, 0.29) is 169 Å². The molecule has 1 aromatic heterocycles. The van der Waals surface area contributed by atoms with E-state index in [1.807, 2.05) is 0 Å². The van der Waals surface area contributed by atoms with E-state index in [1.54, 1.807) is 60.7 Å². The quantitative estimate of drug-likeness (QED) is 0.0212. The minimum atomic E-state index is -0.949. The number of hydrogen-bond acceptors (Lipinski definition) is 37. The average molecular weight is 2020 g/mol. The van der Waals surface area contributed by atoms with Crippen LogP contribution < -0.4 is 26.6 Å². The Balaban J connectivity index is 0.000000237. The maximum Gasteiger partial charge on any atom is 0.436 e. The number of benzene rings is 5. The predicted octanol–water partition coefficient (Wildman–Crippen LogP) is 4.11. The Bertz CT molecular complexity index is 5380. The molecular formula is C95H116N18O32. The van der Waals surface area contributed by atoms with Crippen molar-refractivity contribution in [1.29, 1.82) is 0 Å². The molecule has 8 aliphatic rings. The number of amides is 21. The van der Waals surface area contributed by atoms with Gasteiger partial charge in [-0.2, -0.15) is 20.3 Å². The molecule has 0 bridgehead atoms. The second-order valence-electron chi connectivity index (χ2n) is 32.0. The van der Waals surface area contributed by atoms with Crippen LogP contribution in [0.25, 0.3) is 21.7 Å². The summed E-state index contributed by atoms with van der Waals surface area (Å²) in [5, 5.41) is 52.3. The molecule has 0 atom stereocenters. The Morgan fingerprint density at radius 2 is 0.497 bits per heavy atom. The smallest absolute Gasteiger partial charge is 0.351 e. The van der Waals surface area contributed by atoms with Gasteiger partial charge < -0.3 is 60.2 Å². The van der Waals surface area contributed by atoms with Crippen molar-refractivity contribution in [2.45, 2.75) is 158 Å². The van der Waals surface area contributed by atoms with Gasteiger partial charge in [0.15, 0.2) is 0 Å². The van der Waals surface area contributed by atoms with Gasteiger partial charge in [-0.3, -0.25) is 122 Å². The summed E-state index contributed by atoms with van der Waals surface area (Å²) in [5.41, 5.74) is 3.14. The largest absolute Gasteiger partial charge is 0.436 e. The van der Waals surface area contributed by atoms with E-state index >= 15 is 0 Å². The third-order valence-corrected chi connectivity index (χ3v) is 22.5. The fourth-order valence-electron chi connectivity index (χ4n) is 13.7. The maximum atomic E-state index is 12.4. The van der Waals surface area contributed by atoms with Crippen LogP contribution in [0.4, 0.5) is 10.5 Å². The average Bonchev–Trinajstić information content (AvgIpc) is 1.33. The number of anilines is 1. The molecule has 14 rings (SSSR count). The van der Waals surface area contributed by atoms with E-state index in [2.05, 4.69) is 107 Å². The molecule has 0 spiro atoms. The number of nitrogens with zero attached hydrogens (tertiary/aromatic N) is 13. The lowest BCUT2D eigenvalue weighted by molar-refractivity contribution is -0.173. The number of imide groups is 8. The SMILES string of the molecule is CCN(CC)CCNC(=O)c1ccc(C(=O)ON2C(=O)CCC2=O)cc1.CCN(CC)CCNC(=O)c1ccc(NC(=O)ON2C(=O)CCC2=O)cc1.CCN(CC)CCNC(=O)c1ccc2cc(C(=O)ON3C(=O)CCC3=O)ccc2c1.CCN(CC)CCNC(=O)c1ccc2cc(C(=O)ON3C(=O)CCC3=O)ccc2n1.O=C1CCC(=O)N1O.O=C1CCC(=O)N1O.O=C1CCC(=O)N1O.O=C1CCC(=O)N1O. The van der Waals surface area contributed by atoms with Crippen molar-refractivity contribution in [3.05, 3.63) is 154 Å². The lowest BCUT2D eigenvalue weighted by Gasteiger charge is -2.18. The minimum Gasteiger partial charge on any atom is -0.351 e. The summed E-state index contributed by atoms with van der Waals surface area (Å²) in [6.45, 7) is 29.3. The number of fused-ring (bicyclic) bond motifs is 2. The molecule has 778 valence electrons. The lowest BCUT2D eigenvalue weighted by Crippen LogP contribution is -2.35. The van der Waals surface area contributed by atoms with E-state index in [0.29, 0.717) is 79.7 Å². The van der Waals surface area contributed by atoms with Crippen molar-refractivity contribution in [3.8, 4) is 0 Å². The summed E-state index contributed by atoms with van der Waals surface area (Å²) in [4.78, 5) is 304. The lowest BCUT2D eigenvalue weighted by atomic mass is 10.0. The van der Waals surface area contributed by atoms with Crippen molar-refractivity contribution < 1.29 is 155 Å². The Morgan fingerprint density at radius 1 is 0.269 bits per heavy atom. The zero-order valence-electron chi connectivity index (χ0n) is 81.1. The Kier molecular flexibility index (Phi) is 46.4. The summed E-state index contributed by atoms with van der Waals surface area (Å²) in [6.07, 6.45) is 0.542. The van der Waals surface area contributed by atoms with Crippen LogP contribution in [-0.4, -0.2) is 333 Å². The summed E-state index contributed by atoms with van der Waals surface area (Å²) >= 11 is 0. The topological polar surface area (TPSA) is 639 Å². The number of likely N-dealkylation sites (N-methyl/N-ethyl adjacent to an activating group) is 4. The second kappa shape index (κ2) is 57.9. The fourth-order valence-corrected chi connectivity index (χ4v) is 13.7. The number of nitrogens with one attached hydrogen (secondary N) is 5. The zero-order valence-corrected chi connectivity index (χ0v) is 81.1. The van der Waals surface area contributed by atoms with Gasteiger partial charge in [-0.05, 0) is 160 Å². The Morgan fingerprint density at radius 3 is 0.793 bits per heavy atom. The molecule has 8 aliphatic heterocycles. The number of hydrogen-bond donors (Lipinski definition) is 9. The minimum absolute atomic E-state index is 0.0319. The first-order valence-electron chi connectivity index (χ1n) is 46.6. The van der Waals surface area contributed by atoms with Gasteiger partial charge >= 0.3 is 24.0 Å². The molecule has 50 nitrogen and oxygen atoms in total. The number of rotatable bonds is 32. The van der Waals surface area contributed by atoms with Crippen LogP contribution in [-0.2, 0) is 96.1 Å². The zero-order chi connectivity index (χ0) is 107. The number of carbonyl (C=O) groups excluding carboxylic acids is 24. The molecule has 9 heterocycles. The molecule has 145 heavy (non-hydrogen) atoms. The third kappa shape index (κ3) is 35.4. The van der Waals surface area contributed by atoms with Crippen molar-refractivity contribution >= 4 is 170 Å². The van der Waals surface area contributed by atoms with Crippen LogP contribution in [0.3, 0.4) is 0 Å². The van der Waals surface area contributed by atoms with E-state index < -0.39 is 119 Å². The van der Waals surface area contributed by atoms with Gasteiger partial charge in [0, 0.05) is 183 Å². The Hall–Kier alpha value is -15.9. The summed E-state index contributed by atoms with van der Waals surface area (Å²) in [6, 6.07) is 29.9. The van der Waals surface area contributed by atoms with Crippen LogP contribution in [0, 0.1) is 0 Å². The molecule has 5 aromatic carbocycles. The molecule has 0 radical (unpaired) electrons. The molecule has 21 amide bonds.